The normalized spacial score (nSPS) is 13.6. The number of aromatic amines is 1. The van der Waals surface area contributed by atoms with Crippen molar-refractivity contribution in [3.05, 3.63) is 18.2 Å². The molecule has 0 spiro atoms. The Bertz CT molecular complexity index is 159. The van der Waals surface area contributed by atoms with Gasteiger partial charge in [0.05, 0.1) is 10.4 Å². The summed E-state index contributed by atoms with van der Waals surface area (Å²) >= 11 is 2.17. The van der Waals surface area contributed by atoms with Crippen molar-refractivity contribution in [3.63, 3.8) is 0 Å². The number of aromatic nitrogens is 2. The van der Waals surface area contributed by atoms with Gasteiger partial charge in [0.15, 0.2) is 0 Å². The molecule has 0 radical (unpaired) electrons. The molecule has 0 aromatic carbocycles. The van der Waals surface area contributed by atoms with E-state index in [0.29, 0.717) is 0 Å². The fraction of sp³-hybridized carbons (Fsp3) is 0.400. The van der Waals surface area contributed by atoms with Crippen LogP contribution in [0.3, 0.4) is 0 Å². The molecule has 1 rings (SSSR count). The molecule has 3 N–H and O–H groups in total. The van der Waals surface area contributed by atoms with Gasteiger partial charge in [0.25, 0.3) is 0 Å². The molecular weight excluding hydrogens is 229 g/mol. The van der Waals surface area contributed by atoms with Crippen molar-refractivity contribution in [1.82, 2.24) is 9.97 Å². The lowest BCUT2D eigenvalue weighted by atomic mass is 10.3. The molecule has 0 fully saturated rings. The van der Waals surface area contributed by atoms with Crippen LogP contribution >= 0.6 is 22.6 Å². The maximum atomic E-state index is 5.52. The maximum Gasteiger partial charge on any atom is 0.0921 e. The largest absolute Gasteiger partial charge is 0.348 e. The first-order valence-electron chi connectivity index (χ1n) is 2.66. The summed E-state index contributed by atoms with van der Waals surface area (Å²) in [5.41, 5.74) is 6.62. The standard InChI is InChI=1S/C5H8IN3/c6-5(7)1-4-2-8-3-9-4/h2-3,5H,1,7H2,(H,8,9). The third-order valence-electron chi connectivity index (χ3n) is 0.970. The highest BCUT2D eigenvalue weighted by molar-refractivity contribution is 14.1. The molecular formula is C5H8IN3. The highest BCUT2D eigenvalue weighted by atomic mass is 127. The highest BCUT2D eigenvalue weighted by Gasteiger charge is 1.97. The van der Waals surface area contributed by atoms with E-state index in [1.54, 1.807) is 12.5 Å². The SMILES string of the molecule is NC(I)Cc1cnc[nH]1. The first kappa shape index (κ1) is 7.01. The summed E-state index contributed by atoms with van der Waals surface area (Å²) in [5, 5.41) is 0. The van der Waals surface area contributed by atoms with Gasteiger partial charge in [-0.25, -0.2) is 4.98 Å². The van der Waals surface area contributed by atoms with Crippen molar-refractivity contribution in [3.8, 4) is 0 Å². The summed E-state index contributed by atoms with van der Waals surface area (Å²) in [4.78, 5) is 6.83. The van der Waals surface area contributed by atoms with Crippen LogP contribution in [0.2, 0.25) is 0 Å². The van der Waals surface area contributed by atoms with Crippen LogP contribution in [0.25, 0.3) is 0 Å². The topological polar surface area (TPSA) is 54.7 Å². The Balaban J connectivity index is 2.48. The summed E-state index contributed by atoms with van der Waals surface area (Å²) < 4.78 is 0.183. The molecule has 1 aromatic heterocycles. The molecule has 0 bridgehead atoms. The van der Waals surface area contributed by atoms with Crippen LogP contribution in [0.4, 0.5) is 0 Å². The van der Waals surface area contributed by atoms with Crippen molar-refractivity contribution in [1.29, 1.82) is 0 Å². The number of rotatable bonds is 2. The Kier molecular flexibility index (Phi) is 2.47. The fourth-order valence-corrected chi connectivity index (χ4v) is 1.08. The van der Waals surface area contributed by atoms with Crippen LogP contribution < -0.4 is 5.73 Å². The zero-order valence-electron chi connectivity index (χ0n) is 4.84. The Labute approximate surface area is 67.2 Å². The van der Waals surface area contributed by atoms with Gasteiger partial charge in [-0.3, -0.25) is 0 Å². The molecule has 1 unspecified atom stereocenters. The number of alkyl halides is 1. The average molecular weight is 237 g/mol. The second-order valence-electron chi connectivity index (χ2n) is 1.80. The predicted octanol–water partition coefficient (Wildman–Crippen LogP) is 0.672. The number of nitrogens with zero attached hydrogens (tertiary/aromatic N) is 1. The molecule has 0 saturated carbocycles. The second-order valence-corrected chi connectivity index (χ2v) is 3.40. The Hall–Kier alpha value is -0.100. The van der Waals surface area contributed by atoms with Gasteiger partial charge in [-0.1, -0.05) is 22.6 Å². The van der Waals surface area contributed by atoms with E-state index in [4.69, 9.17) is 5.73 Å². The summed E-state index contributed by atoms with van der Waals surface area (Å²) in [6.07, 6.45) is 4.31. The molecule has 1 heterocycles. The van der Waals surface area contributed by atoms with Crippen LogP contribution in [0.1, 0.15) is 5.69 Å². The molecule has 50 valence electrons. The molecule has 1 atom stereocenters. The van der Waals surface area contributed by atoms with Gasteiger partial charge >= 0.3 is 0 Å². The summed E-state index contributed by atoms with van der Waals surface area (Å²) in [6, 6.07) is 0. The molecule has 0 aliphatic heterocycles. The molecule has 0 aliphatic carbocycles. The molecule has 0 amide bonds. The third kappa shape index (κ3) is 2.31. The predicted molar refractivity (Wildman–Crippen MR) is 44.3 cm³/mol. The Morgan fingerprint density at radius 1 is 1.89 bits per heavy atom. The van der Waals surface area contributed by atoms with Crippen LogP contribution in [-0.2, 0) is 6.42 Å². The average Bonchev–Trinajstić information content (AvgIpc) is 2.15. The lowest BCUT2D eigenvalue weighted by molar-refractivity contribution is 0.906. The molecule has 0 saturated heterocycles. The Morgan fingerprint density at radius 2 is 2.67 bits per heavy atom. The van der Waals surface area contributed by atoms with E-state index in [0.717, 1.165) is 12.1 Å². The van der Waals surface area contributed by atoms with Crippen molar-refractivity contribution < 1.29 is 0 Å². The lowest BCUT2D eigenvalue weighted by Crippen LogP contribution is -2.13. The number of H-pyrrole nitrogens is 1. The quantitative estimate of drug-likeness (QED) is 0.451. The van der Waals surface area contributed by atoms with Gasteiger partial charge < -0.3 is 10.7 Å². The van der Waals surface area contributed by atoms with Crippen LogP contribution in [0.15, 0.2) is 12.5 Å². The first-order chi connectivity index (χ1) is 4.29. The van der Waals surface area contributed by atoms with Gasteiger partial charge in [-0.2, -0.15) is 0 Å². The second kappa shape index (κ2) is 3.17. The van der Waals surface area contributed by atoms with Gasteiger partial charge in [-0.05, 0) is 0 Å². The molecule has 4 heteroatoms. The van der Waals surface area contributed by atoms with E-state index in [9.17, 15) is 0 Å². The molecule has 0 aliphatic rings. The number of nitrogens with two attached hydrogens (primary N) is 1. The minimum atomic E-state index is 0.183. The number of hydrogen-bond donors (Lipinski definition) is 2. The smallest absolute Gasteiger partial charge is 0.0921 e. The number of imidazole rings is 1. The van der Waals surface area contributed by atoms with Crippen molar-refractivity contribution >= 4 is 22.6 Å². The van der Waals surface area contributed by atoms with E-state index in [1.807, 2.05) is 0 Å². The van der Waals surface area contributed by atoms with Crippen LogP contribution in [0, 0.1) is 0 Å². The van der Waals surface area contributed by atoms with Gasteiger partial charge in [0.1, 0.15) is 0 Å². The van der Waals surface area contributed by atoms with Gasteiger partial charge in [0, 0.05) is 18.3 Å². The van der Waals surface area contributed by atoms with E-state index in [2.05, 4.69) is 32.6 Å². The summed E-state index contributed by atoms with van der Waals surface area (Å²) in [7, 11) is 0. The number of hydrogen-bond acceptors (Lipinski definition) is 2. The van der Waals surface area contributed by atoms with Gasteiger partial charge in [0.2, 0.25) is 0 Å². The fourth-order valence-electron chi connectivity index (χ4n) is 0.606. The molecule has 9 heavy (non-hydrogen) atoms. The van der Waals surface area contributed by atoms with E-state index in [-0.39, 0.29) is 4.05 Å². The van der Waals surface area contributed by atoms with E-state index < -0.39 is 0 Å². The third-order valence-corrected chi connectivity index (χ3v) is 1.41. The number of halogens is 1. The monoisotopic (exact) mass is 237 g/mol. The van der Waals surface area contributed by atoms with Crippen LogP contribution in [0.5, 0.6) is 0 Å². The summed E-state index contributed by atoms with van der Waals surface area (Å²) in [6.45, 7) is 0. The van der Waals surface area contributed by atoms with Crippen molar-refractivity contribution in [2.75, 3.05) is 0 Å². The zero-order chi connectivity index (χ0) is 6.69. The van der Waals surface area contributed by atoms with Crippen LogP contribution in [-0.4, -0.2) is 14.0 Å². The van der Waals surface area contributed by atoms with Crippen molar-refractivity contribution in [2.24, 2.45) is 5.73 Å². The molecule has 3 nitrogen and oxygen atoms in total. The minimum Gasteiger partial charge on any atom is -0.348 e. The highest BCUT2D eigenvalue weighted by Crippen LogP contribution is 2.00. The van der Waals surface area contributed by atoms with E-state index in [1.165, 1.54) is 0 Å². The van der Waals surface area contributed by atoms with Gasteiger partial charge in [-0.15, -0.1) is 0 Å². The maximum absolute atomic E-state index is 5.52. The minimum absolute atomic E-state index is 0.183. The first-order valence-corrected chi connectivity index (χ1v) is 3.90. The lowest BCUT2D eigenvalue weighted by Gasteiger charge is -1.97. The zero-order valence-corrected chi connectivity index (χ0v) is 7.00. The van der Waals surface area contributed by atoms with E-state index >= 15 is 0 Å². The summed E-state index contributed by atoms with van der Waals surface area (Å²) in [5.74, 6) is 0. The van der Waals surface area contributed by atoms with Crippen molar-refractivity contribution in [2.45, 2.75) is 10.5 Å². The molecule has 1 aromatic rings. The number of nitrogens with one attached hydrogen (secondary N) is 1. The Morgan fingerprint density at radius 3 is 3.11 bits per heavy atom.